The number of benzene rings is 1. The van der Waals surface area contributed by atoms with Gasteiger partial charge in [0.15, 0.2) is 5.13 Å². The predicted molar refractivity (Wildman–Crippen MR) is 236 cm³/mol. The number of nitrogens with zero attached hydrogens (tertiary/aromatic N) is 3. The Labute approximate surface area is 373 Å². The Hall–Kier alpha value is -4.16. The number of rotatable bonds is 17. The van der Waals surface area contributed by atoms with Crippen LogP contribution in [0.2, 0.25) is 5.02 Å². The second-order valence-corrected chi connectivity index (χ2v) is 21.6. The minimum Gasteiger partial charge on any atom is -0.495 e. The van der Waals surface area contributed by atoms with Gasteiger partial charge < -0.3 is 45.3 Å². The number of alkyl carbamates (subject to hydrolysis) is 1. The number of aromatic nitrogens is 2. The zero-order chi connectivity index (χ0) is 46.1. The van der Waals surface area contributed by atoms with Gasteiger partial charge in [-0.2, -0.15) is 13.2 Å². The summed E-state index contributed by atoms with van der Waals surface area (Å²) in [7, 11) is -2.91. The van der Waals surface area contributed by atoms with Gasteiger partial charge in [0.25, 0.3) is 0 Å². The molecule has 3 heterocycles. The fourth-order valence-corrected chi connectivity index (χ4v) is 11.5. The number of likely N-dealkylation sites (tertiary alicyclic amines) is 1. The summed E-state index contributed by atoms with van der Waals surface area (Å²) in [6.45, 7) is 11.1. The first-order valence-corrected chi connectivity index (χ1v) is 24.0. The molecule has 2 aromatic heterocycles. The van der Waals surface area contributed by atoms with Crippen LogP contribution in [0.4, 0.5) is 23.1 Å². The highest BCUT2D eigenvalue weighted by molar-refractivity contribution is 7.60. The number of hydrogen-bond acceptors (Lipinski definition) is 12. The fourth-order valence-electron chi connectivity index (χ4n) is 8.12. The van der Waals surface area contributed by atoms with Crippen LogP contribution in [0.3, 0.4) is 0 Å². The number of carbonyl (C=O) groups is 3. The highest BCUT2D eigenvalue weighted by Gasteiger charge is 2.65. The number of amides is 3. The summed E-state index contributed by atoms with van der Waals surface area (Å²) in [4.78, 5) is 64.9. The summed E-state index contributed by atoms with van der Waals surface area (Å²) in [5.74, 6) is -1.39. The molecule has 1 aliphatic heterocycles. The highest BCUT2D eigenvalue weighted by Crippen LogP contribution is 2.69. The third-order valence-electron chi connectivity index (χ3n) is 11.5. The van der Waals surface area contributed by atoms with Crippen molar-refractivity contribution >= 4 is 64.2 Å². The van der Waals surface area contributed by atoms with E-state index in [2.05, 4.69) is 27.8 Å². The molecule has 0 spiro atoms. The Morgan fingerprint density at radius 2 is 1.84 bits per heavy atom. The number of anilines is 1. The second-order valence-electron chi connectivity index (χ2n) is 17.7. The van der Waals surface area contributed by atoms with Crippen LogP contribution in [0.25, 0.3) is 22.3 Å². The maximum absolute atomic E-state index is 14.8. The zero-order valence-corrected chi connectivity index (χ0v) is 38.6. The van der Waals surface area contributed by atoms with E-state index in [9.17, 15) is 37.0 Å². The number of ether oxygens (including phenoxy) is 3. The van der Waals surface area contributed by atoms with Crippen molar-refractivity contribution in [1.82, 2.24) is 30.8 Å². The minimum atomic E-state index is -4.53. The molecule has 63 heavy (non-hydrogen) atoms. The monoisotopic (exact) mass is 941 g/mol. The molecule has 2 saturated carbocycles. The number of nitrogens with one attached hydrogen (secondary N) is 4. The van der Waals surface area contributed by atoms with Crippen molar-refractivity contribution in [2.45, 2.75) is 115 Å². The SMILES string of the molecule is C=CC1C[C@]1(NC(=O)[C@@H]1C[C@@H](Oc2cc(-c3csc(NC(C)C)n3)nc3c(Cl)c(OC)ccc23)CN1C(=O)C(NC(=O)OC1CCCC1)C(C)(C)C)P(=O)(O)CCNCC(F)(F)F. The van der Waals surface area contributed by atoms with Crippen LogP contribution in [0.1, 0.15) is 73.1 Å². The van der Waals surface area contributed by atoms with Gasteiger partial charge in [0.1, 0.15) is 51.8 Å². The van der Waals surface area contributed by atoms with Crippen molar-refractivity contribution in [1.29, 1.82) is 0 Å². The average molecular weight is 942 g/mol. The Morgan fingerprint density at radius 1 is 1.13 bits per heavy atom. The lowest BCUT2D eigenvalue weighted by atomic mass is 9.85. The summed E-state index contributed by atoms with van der Waals surface area (Å²) in [5.41, 5.74) is 0.423. The molecule has 15 nitrogen and oxygen atoms in total. The number of halogens is 4. The van der Waals surface area contributed by atoms with Crippen LogP contribution in [0, 0.1) is 11.3 Å². The molecular formula is C42H56ClF3N7O8PS. The maximum atomic E-state index is 14.8. The first-order chi connectivity index (χ1) is 29.6. The lowest BCUT2D eigenvalue weighted by Crippen LogP contribution is -2.58. The van der Waals surface area contributed by atoms with E-state index in [0.29, 0.717) is 51.8 Å². The van der Waals surface area contributed by atoms with Crippen LogP contribution in [0.5, 0.6) is 11.5 Å². The van der Waals surface area contributed by atoms with Gasteiger partial charge in [0.2, 0.25) is 19.2 Å². The minimum absolute atomic E-state index is 0.0100. The molecule has 3 fully saturated rings. The average Bonchev–Trinajstić information content (AvgIpc) is 3.60. The molecule has 0 bridgehead atoms. The van der Waals surface area contributed by atoms with Crippen molar-refractivity contribution in [3.63, 3.8) is 0 Å². The third kappa shape index (κ3) is 11.2. The van der Waals surface area contributed by atoms with Gasteiger partial charge in [-0.15, -0.1) is 17.9 Å². The van der Waals surface area contributed by atoms with Crippen molar-refractivity contribution < 1.29 is 51.2 Å². The third-order valence-corrected chi connectivity index (χ3v) is 15.3. The molecule has 21 heteroatoms. The molecule has 6 atom stereocenters. The Morgan fingerprint density at radius 3 is 2.46 bits per heavy atom. The molecule has 1 saturated heterocycles. The molecular weight excluding hydrogens is 886 g/mol. The van der Waals surface area contributed by atoms with Crippen LogP contribution >= 0.6 is 30.3 Å². The van der Waals surface area contributed by atoms with Gasteiger partial charge in [-0.25, -0.2) is 14.8 Å². The smallest absolute Gasteiger partial charge is 0.408 e. The predicted octanol–water partition coefficient (Wildman–Crippen LogP) is 7.71. The Balaban J connectivity index is 1.34. The maximum Gasteiger partial charge on any atom is 0.408 e. The molecule has 3 unspecified atom stereocenters. The molecule has 3 aromatic rings. The lowest BCUT2D eigenvalue weighted by molar-refractivity contribution is -0.142. The van der Waals surface area contributed by atoms with Crippen LogP contribution in [-0.2, 0) is 18.9 Å². The van der Waals surface area contributed by atoms with Crippen LogP contribution < -0.4 is 30.7 Å². The molecule has 0 radical (unpaired) electrons. The number of methoxy groups -OCH3 is 1. The fraction of sp³-hybridized carbons (Fsp3) is 0.595. The normalized spacial score (nSPS) is 23.0. The molecule has 3 amide bonds. The number of thiazole rings is 1. The number of alkyl halides is 3. The van der Waals surface area contributed by atoms with Crippen molar-refractivity contribution in [3.8, 4) is 22.9 Å². The van der Waals surface area contributed by atoms with Gasteiger partial charge in [-0.05, 0) is 63.5 Å². The van der Waals surface area contributed by atoms with E-state index in [4.69, 9.17) is 35.8 Å². The standard InChI is InChI=1S/C42H56ClF3N7O8PS/c1-8-24-19-41(24,62(57,58)16-15-47-22-42(44,45)46)52-36(54)30-17-26(20-53(30)37(55)35(40(4,5)6)51-39(56)61-25-11-9-10-12-25)60-32-18-28(29-21-63-38(50-29)48-23(2)3)49-34-27(32)13-14-31(59-7)33(34)43/h8,13-14,18,21,23-26,30,35,47H,1,9-12,15-17,19-20,22H2,2-7H3,(H,48,50)(H,51,56)(H,52,54)(H,57,58)/t24?,26-,30+,35?,41+/m1/s1. The quantitative estimate of drug-likeness (QED) is 0.0504. The zero-order valence-electron chi connectivity index (χ0n) is 36.1. The van der Waals surface area contributed by atoms with Crippen LogP contribution in [0.15, 0.2) is 36.2 Å². The largest absolute Gasteiger partial charge is 0.495 e. The van der Waals surface area contributed by atoms with Crippen LogP contribution in [-0.4, -0.2) is 112 Å². The second kappa shape index (κ2) is 19.1. The summed E-state index contributed by atoms with van der Waals surface area (Å²) in [6, 6.07) is 2.74. The van der Waals surface area contributed by atoms with Crippen molar-refractivity contribution in [3.05, 3.63) is 41.3 Å². The molecule has 346 valence electrons. The van der Waals surface area contributed by atoms with Crippen molar-refractivity contribution in [2.75, 3.05) is 38.2 Å². The summed E-state index contributed by atoms with van der Waals surface area (Å²) < 4.78 is 70.3. The van der Waals surface area contributed by atoms with E-state index < -0.39 is 85.5 Å². The van der Waals surface area contributed by atoms with Gasteiger partial charge in [0, 0.05) is 47.9 Å². The number of carbonyl (C=O) groups excluding carboxylic acids is 3. The van der Waals surface area contributed by atoms with E-state index in [-0.39, 0.29) is 36.6 Å². The summed E-state index contributed by atoms with van der Waals surface area (Å²) in [5, 5.41) is 12.4. The first kappa shape index (κ1) is 48.3. The van der Waals surface area contributed by atoms with Gasteiger partial charge in [-0.1, -0.05) is 38.4 Å². The molecule has 6 rings (SSSR count). The van der Waals surface area contributed by atoms with E-state index in [1.165, 1.54) is 29.4 Å². The van der Waals surface area contributed by atoms with Gasteiger partial charge in [-0.3, -0.25) is 14.2 Å². The number of hydrogen-bond donors (Lipinski definition) is 5. The Kier molecular flexibility index (Phi) is 14.7. The summed E-state index contributed by atoms with van der Waals surface area (Å²) in [6.07, 6.45) is -2.44. The molecule has 3 aliphatic rings. The number of pyridine rings is 1. The van der Waals surface area contributed by atoms with E-state index in [1.54, 1.807) is 39.0 Å². The first-order valence-electron chi connectivity index (χ1n) is 20.9. The topological polar surface area (TPSA) is 193 Å². The number of fused-ring (bicyclic) bond motifs is 1. The van der Waals surface area contributed by atoms with E-state index in [1.807, 2.05) is 19.2 Å². The highest BCUT2D eigenvalue weighted by atomic mass is 35.5. The van der Waals surface area contributed by atoms with E-state index >= 15 is 0 Å². The molecule has 1 aromatic carbocycles. The lowest BCUT2D eigenvalue weighted by Gasteiger charge is -2.36. The van der Waals surface area contributed by atoms with Crippen molar-refractivity contribution in [2.24, 2.45) is 11.3 Å². The van der Waals surface area contributed by atoms with E-state index in [0.717, 1.165) is 12.8 Å². The Bertz CT molecular complexity index is 2240. The van der Waals surface area contributed by atoms with Gasteiger partial charge in [0.05, 0.1) is 31.4 Å². The molecule has 2 aliphatic carbocycles. The molecule has 5 N–H and O–H groups in total. The summed E-state index contributed by atoms with van der Waals surface area (Å²) >= 11 is 8.22. The van der Waals surface area contributed by atoms with Gasteiger partial charge >= 0.3 is 12.3 Å².